The molecule has 6 nitrogen and oxygen atoms in total. The number of hydrogen-bond donors (Lipinski definition) is 1. The molecule has 1 N–H and O–H groups in total. The van der Waals surface area contributed by atoms with Crippen molar-refractivity contribution in [2.24, 2.45) is 5.92 Å². The molecule has 2 fully saturated rings. The lowest BCUT2D eigenvalue weighted by Crippen LogP contribution is -2.39. The molecule has 33 heavy (non-hydrogen) atoms. The molecule has 1 aromatic carbocycles. The zero-order valence-electron chi connectivity index (χ0n) is 19.2. The molecule has 0 atom stereocenters. The Kier molecular flexibility index (Phi) is 6.67. The Balaban J connectivity index is 1.15. The maximum absolute atomic E-state index is 13.5. The third kappa shape index (κ3) is 5.24. The van der Waals surface area contributed by atoms with Crippen LogP contribution in [-0.4, -0.2) is 45.5 Å². The summed E-state index contributed by atoms with van der Waals surface area (Å²) in [7, 11) is 0. The van der Waals surface area contributed by atoms with Crippen LogP contribution in [0, 0.1) is 11.7 Å². The Labute approximate surface area is 194 Å². The van der Waals surface area contributed by atoms with Crippen molar-refractivity contribution in [1.29, 1.82) is 0 Å². The van der Waals surface area contributed by atoms with Crippen LogP contribution in [0.15, 0.2) is 42.6 Å². The van der Waals surface area contributed by atoms with E-state index in [9.17, 15) is 4.39 Å². The number of rotatable bonds is 6. The lowest BCUT2D eigenvalue weighted by molar-refractivity contribution is -0.0458. The van der Waals surface area contributed by atoms with Gasteiger partial charge in [0.2, 0.25) is 0 Å². The van der Waals surface area contributed by atoms with Gasteiger partial charge in [0.15, 0.2) is 11.6 Å². The van der Waals surface area contributed by atoms with Crippen LogP contribution in [-0.2, 0) is 4.74 Å². The second-order valence-electron chi connectivity index (χ2n) is 9.30. The number of ether oxygens (including phenoxy) is 1. The van der Waals surface area contributed by atoms with Crippen LogP contribution in [0.25, 0.3) is 22.8 Å². The van der Waals surface area contributed by atoms with Crippen LogP contribution in [0.3, 0.4) is 0 Å². The highest BCUT2D eigenvalue weighted by atomic mass is 19.1. The predicted molar refractivity (Wildman–Crippen MR) is 127 cm³/mol. The van der Waals surface area contributed by atoms with E-state index < -0.39 is 0 Å². The molecule has 5 rings (SSSR count). The molecule has 1 saturated carbocycles. The molecule has 7 heteroatoms. The van der Waals surface area contributed by atoms with Crippen molar-refractivity contribution < 1.29 is 9.13 Å². The highest BCUT2D eigenvalue weighted by Crippen LogP contribution is 2.31. The molecule has 3 aromatic rings. The molecule has 0 amide bonds. The lowest BCUT2D eigenvalue weighted by Gasteiger charge is -2.36. The van der Waals surface area contributed by atoms with Crippen LogP contribution in [0.4, 0.5) is 10.2 Å². The Bertz CT molecular complexity index is 1040. The number of anilines is 1. The zero-order valence-corrected chi connectivity index (χ0v) is 19.2. The number of hydrogen-bond acceptors (Lipinski definition) is 5. The first kappa shape index (κ1) is 22.0. The molecule has 0 spiro atoms. The predicted octanol–water partition coefficient (Wildman–Crippen LogP) is 5.63. The first-order valence-corrected chi connectivity index (χ1v) is 12.2. The van der Waals surface area contributed by atoms with E-state index in [0.29, 0.717) is 29.4 Å². The molecule has 1 aliphatic carbocycles. The third-order valence-electron chi connectivity index (χ3n) is 7.11. The van der Waals surface area contributed by atoms with Gasteiger partial charge in [-0.3, -0.25) is 5.10 Å². The van der Waals surface area contributed by atoms with Crippen molar-refractivity contribution in [1.82, 2.24) is 20.2 Å². The zero-order chi connectivity index (χ0) is 22.6. The topological polar surface area (TPSA) is 66.9 Å². The van der Waals surface area contributed by atoms with E-state index in [1.165, 1.54) is 44.2 Å². The molecule has 0 unspecified atom stereocenters. The fourth-order valence-electron chi connectivity index (χ4n) is 5.03. The SMILES string of the molecule is CCC1CCC(OC2CCN(c3ccc(-c4n[nH]c(-c5cccc(F)c5)n4)cn3)CC2)CC1. The van der Waals surface area contributed by atoms with Gasteiger partial charge in [0.25, 0.3) is 0 Å². The lowest BCUT2D eigenvalue weighted by atomic mass is 9.85. The molecule has 3 heterocycles. The molecule has 174 valence electrons. The van der Waals surface area contributed by atoms with Gasteiger partial charge in [0.1, 0.15) is 11.6 Å². The number of pyridine rings is 1. The molecule has 0 radical (unpaired) electrons. The number of nitrogens with one attached hydrogen (secondary N) is 1. The van der Waals surface area contributed by atoms with Gasteiger partial charge in [-0.15, -0.1) is 0 Å². The molecule has 0 bridgehead atoms. The summed E-state index contributed by atoms with van der Waals surface area (Å²) in [5.74, 6) is 2.68. The molecule has 2 aliphatic rings. The van der Waals surface area contributed by atoms with E-state index in [0.717, 1.165) is 43.2 Å². The maximum Gasteiger partial charge on any atom is 0.183 e. The van der Waals surface area contributed by atoms with Crippen molar-refractivity contribution in [2.75, 3.05) is 18.0 Å². The van der Waals surface area contributed by atoms with Crippen LogP contribution in [0.1, 0.15) is 51.9 Å². The fourth-order valence-corrected chi connectivity index (χ4v) is 5.03. The number of H-pyrrole nitrogens is 1. The van der Waals surface area contributed by atoms with E-state index in [2.05, 4.69) is 32.0 Å². The van der Waals surface area contributed by atoms with E-state index in [4.69, 9.17) is 4.74 Å². The minimum atomic E-state index is -0.297. The minimum Gasteiger partial charge on any atom is -0.375 e. The summed E-state index contributed by atoms with van der Waals surface area (Å²) in [6.45, 7) is 4.23. The van der Waals surface area contributed by atoms with Crippen LogP contribution in [0.5, 0.6) is 0 Å². The highest BCUT2D eigenvalue weighted by Gasteiger charge is 2.26. The average molecular weight is 450 g/mol. The largest absolute Gasteiger partial charge is 0.375 e. The summed E-state index contributed by atoms with van der Waals surface area (Å²) in [6, 6.07) is 10.3. The number of halogens is 1. The maximum atomic E-state index is 13.5. The highest BCUT2D eigenvalue weighted by molar-refractivity contribution is 5.61. The number of benzene rings is 1. The van der Waals surface area contributed by atoms with E-state index in [1.807, 2.05) is 18.3 Å². The molecule has 1 saturated heterocycles. The van der Waals surface area contributed by atoms with Gasteiger partial charge in [0.05, 0.1) is 12.2 Å². The third-order valence-corrected chi connectivity index (χ3v) is 7.11. The Hall–Kier alpha value is -2.80. The quantitative estimate of drug-likeness (QED) is 0.528. The molecule has 2 aromatic heterocycles. The fraction of sp³-hybridized carbons (Fsp3) is 0.500. The second kappa shape index (κ2) is 10.00. The Morgan fingerprint density at radius 3 is 2.48 bits per heavy atom. The van der Waals surface area contributed by atoms with Gasteiger partial charge >= 0.3 is 0 Å². The van der Waals surface area contributed by atoms with Gasteiger partial charge in [-0.2, -0.15) is 5.10 Å². The van der Waals surface area contributed by atoms with Crippen LogP contribution in [0.2, 0.25) is 0 Å². The standard InChI is InChI=1S/C26H32FN5O/c1-2-18-6-9-22(10-7-18)33-23-12-14-32(15-13-23)24-11-8-20(17-28-24)26-29-25(30-31-26)19-4-3-5-21(27)16-19/h3-5,8,11,16-18,22-23H,2,6-7,9-10,12-15H2,1H3,(H,29,30,31). The molecular weight excluding hydrogens is 417 g/mol. The minimum absolute atomic E-state index is 0.297. The number of nitrogens with zero attached hydrogens (tertiary/aromatic N) is 4. The van der Waals surface area contributed by atoms with E-state index in [1.54, 1.807) is 12.1 Å². The van der Waals surface area contributed by atoms with Gasteiger partial charge < -0.3 is 9.64 Å². The molecule has 1 aliphatic heterocycles. The number of aromatic amines is 1. The van der Waals surface area contributed by atoms with Crippen molar-refractivity contribution >= 4 is 5.82 Å². The summed E-state index contributed by atoms with van der Waals surface area (Å²) < 4.78 is 19.9. The summed E-state index contributed by atoms with van der Waals surface area (Å²) in [5, 5.41) is 7.17. The monoisotopic (exact) mass is 449 g/mol. The summed E-state index contributed by atoms with van der Waals surface area (Å²) >= 11 is 0. The van der Waals surface area contributed by atoms with Gasteiger partial charge in [-0.1, -0.05) is 25.5 Å². The molecular formula is C26H32FN5O. The normalized spacial score (nSPS) is 21.9. The number of piperidine rings is 1. The summed E-state index contributed by atoms with van der Waals surface area (Å²) in [5.41, 5.74) is 1.50. The van der Waals surface area contributed by atoms with Gasteiger partial charge in [-0.25, -0.2) is 14.4 Å². The Morgan fingerprint density at radius 2 is 1.79 bits per heavy atom. The van der Waals surface area contributed by atoms with Gasteiger partial charge in [-0.05, 0) is 68.7 Å². The average Bonchev–Trinajstić information content (AvgIpc) is 3.36. The summed E-state index contributed by atoms with van der Waals surface area (Å²) in [6.07, 6.45) is 11.1. The number of aromatic nitrogens is 4. The smallest absolute Gasteiger partial charge is 0.183 e. The van der Waals surface area contributed by atoms with E-state index in [-0.39, 0.29) is 5.82 Å². The van der Waals surface area contributed by atoms with Crippen molar-refractivity contribution in [3.63, 3.8) is 0 Å². The first-order valence-electron chi connectivity index (χ1n) is 12.2. The van der Waals surface area contributed by atoms with Crippen molar-refractivity contribution in [3.05, 3.63) is 48.4 Å². The van der Waals surface area contributed by atoms with Crippen LogP contribution >= 0.6 is 0 Å². The van der Waals surface area contributed by atoms with E-state index >= 15 is 0 Å². The van der Waals surface area contributed by atoms with Crippen molar-refractivity contribution in [2.45, 2.75) is 64.1 Å². The van der Waals surface area contributed by atoms with Gasteiger partial charge in [0, 0.05) is 30.4 Å². The second-order valence-corrected chi connectivity index (χ2v) is 9.30. The first-order chi connectivity index (χ1) is 16.2. The summed E-state index contributed by atoms with van der Waals surface area (Å²) in [4.78, 5) is 11.5. The van der Waals surface area contributed by atoms with Crippen molar-refractivity contribution in [3.8, 4) is 22.8 Å². The Morgan fingerprint density at radius 1 is 1.00 bits per heavy atom. The van der Waals surface area contributed by atoms with Crippen LogP contribution < -0.4 is 4.90 Å².